The number of likely N-dealkylation sites (N-methyl/N-ethyl adjacent to an activating group) is 1. The summed E-state index contributed by atoms with van der Waals surface area (Å²) in [6.07, 6.45) is -0.0835. The van der Waals surface area contributed by atoms with Crippen molar-refractivity contribution in [3.63, 3.8) is 0 Å². The number of nitrogens with one attached hydrogen (secondary N) is 2. The van der Waals surface area contributed by atoms with E-state index in [1.54, 1.807) is 0 Å². The zero-order chi connectivity index (χ0) is 17.1. The van der Waals surface area contributed by atoms with Crippen LogP contribution in [0, 0.1) is 11.6 Å². The summed E-state index contributed by atoms with van der Waals surface area (Å²) in [5.74, 6) is -1.02. The van der Waals surface area contributed by atoms with Crippen LogP contribution in [0.1, 0.15) is 11.3 Å². The summed E-state index contributed by atoms with van der Waals surface area (Å²) in [5.41, 5.74) is 2.89. The summed E-state index contributed by atoms with van der Waals surface area (Å²) in [5, 5.41) is 1.95. The summed E-state index contributed by atoms with van der Waals surface area (Å²) in [4.78, 5) is 20.9. The Hall–Kier alpha value is -2.32. The van der Waals surface area contributed by atoms with Gasteiger partial charge in [-0.25, -0.2) is 18.8 Å². The Morgan fingerprint density at radius 3 is 2.54 bits per heavy atom. The molecule has 6 nitrogen and oxygen atoms in total. The van der Waals surface area contributed by atoms with Crippen LogP contribution in [-0.4, -0.2) is 53.1 Å². The number of hydrazine groups is 1. The van der Waals surface area contributed by atoms with E-state index in [4.69, 9.17) is 0 Å². The zero-order valence-electron chi connectivity index (χ0n) is 13.4. The first-order chi connectivity index (χ1) is 11.5. The van der Waals surface area contributed by atoms with Gasteiger partial charge in [0.15, 0.2) is 0 Å². The molecule has 128 valence electrons. The van der Waals surface area contributed by atoms with Crippen molar-refractivity contribution in [2.24, 2.45) is 0 Å². The SMILES string of the molecule is CN1CCN(Nc2nc(Cc3c(F)cccc3F)cc(=O)[nH]2)CC1. The fourth-order valence-electron chi connectivity index (χ4n) is 2.60. The zero-order valence-corrected chi connectivity index (χ0v) is 13.4. The van der Waals surface area contributed by atoms with Crippen LogP contribution >= 0.6 is 0 Å². The number of nitrogens with zero attached hydrogens (tertiary/aromatic N) is 3. The van der Waals surface area contributed by atoms with Crippen molar-refractivity contribution in [3.05, 3.63) is 57.5 Å². The molecule has 1 saturated heterocycles. The van der Waals surface area contributed by atoms with E-state index >= 15 is 0 Å². The Bertz CT molecular complexity index is 751. The van der Waals surface area contributed by atoms with Gasteiger partial charge in [-0.05, 0) is 19.2 Å². The Labute approximate surface area is 138 Å². The second-order valence-electron chi connectivity index (χ2n) is 5.86. The molecule has 0 bridgehead atoms. The van der Waals surface area contributed by atoms with Gasteiger partial charge >= 0.3 is 0 Å². The Balaban J connectivity index is 1.78. The average Bonchev–Trinajstić information content (AvgIpc) is 2.53. The number of aromatic amines is 1. The highest BCUT2D eigenvalue weighted by molar-refractivity contribution is 5.29. The van der Waals surface area contributed by atoms with Gasteiger partial charge in [0.25, 0.3) is 5.56 Å². The largest absolute Gasteiger partial charge is 0.304 e. The molecule has 1 aromatic carbocycles. The van der Waals surface area contributed by atoms with E-state index < -0.39 is 11.6 Å². The fraction of sp³-hybridized carbons (Fsp3) is 0.375. The maximum Gasteiger partial charge on any atom is 0.252 e. The number of hydrogen-bond donors (Lipinski definition) is 2. The van der Waals surface area contributed by atoms with Gasteiger partial charge in [-0.2, -0.15) is 0 Å². The number of H-pyrrole nitrogens is 1. The van der Waals surface area contributed by atoms with Crippen LogP contribution in [0.25, 0.3) is 0 Å². The molecule has 0 saturated carbocycles. The average molecular weight is 335 g/mol. The second-order valence-corrected chi connectivity index (χ2v) is 5.86. The lowest BCUT2D eigenvalue weighted by Gasteiger charge is -2.32. The highest BCUT2D eigenvalue weighted by Gasteiger charge is 2.15. The smallest absolute Gasteiger partial charge is 0.252 e. The van der Waals surface area contributed by atoms with E-state index in [1.807, 2.05) is 12.1 Å². The third-order valence-electron chi connectivity index (χ3n) is 3.98. The molecule has 1 aliphatic rings. The normalized spacial score (nSPS) is 16.3. The van der Waals surface area contributed by atoms with Gasteiger partial charge in [-0.15, -0.1) is 0 Å². The van der Waals surface area contributed by atoms with Crippen LogP contribution in [0.15, 0.2) is 29.1 Å². The first kappa shape index (κ1) is 16.5. The number of rotatable bonds is 4. The number of piperazine rings is 1. The quantitative estimate of drug-likeness (QED) is 0.879. The summed E-state index contributed by atoms with van der Waals surface area (Å²) in [6, 6.07) is 4.94. The minimum absolute atomic E-state index is 0.0835. The molecular weight excluding hydrogens is 316 g/mol. The lowest BCUT2D eigenvalue weighted by atomic mass is 10.1. The highest BCUT2D eigenvalue weighted by atomic mass is 19.1. The summed E-state index contributed by atoms with van der Waals surface area (Å²) in [7, 11) is 2.04. The molecule has 0 radical (unpaired) electrons. The summed E-state index contributed by atoms with van der Waals surface area (Å²) in [6.45, 7) is 3.37. The lowest BCUT2D eigenvalue weighted by Crippen LogP contribution is -2.47. The van der Waals surface area contributed by atoms with Gasteiger partial charge in [-0.3, -0.25) is 15.2 Å². The molecule has 0 aliphatic carbocycles. The van der Waals surface area contributed by atoms with E-state index in [-0.39, 0.29) is 23.5 Å². The number of anilines is 1. The van der Waals surface area contributed by atoms with Crippen LogP contribution in [-0.2, 0) is 6.42 Å². The first-order valence-electron chi connectivity index (χ1n) is 7.74. The van der Waals surface area contributed by atoms with Gasteiger partial charge in [0, 0.05) is 44.2 Å². The van der Waals surface area contributed by atoms with E-state index in [9.17, 15) is 13.6 Å². The van der Waals surface area contributed by atoms with Crippen LogP contribution in [0.2, 0.25) is 0 Å². The number of halogens is 2. The molecule has 0 amide bonds. The standard InChI is InChI=1S/C16H19F2N5O/c1-22-5-7-23(8-6-22)21-16-19-11(10-15(24)20-16)9-12-13(17)3-2-4-14(12)18/h2-4,10H,5-9H2,1H3,(H2,19,20,21,24). The molecule has 1 aromatic heterocycles. The third-order valence-corrected chi connectivity index (χ3v) is 3.98. The van der Waals surface area contributed by atoms with Crippen LogP contribution in [0.4, 0.5) is 14.7 Å². The van der Waals surface area contributed by atoms with Crippen molar-refractivity contribution in [1.29, 1.82) is 0 Å². The van der Waals surface area contributed by atoms with Crippen molar-refractivity contribution in [2.45, 2.75) is 6.42 Å². The number of aromatic nitrogens is 2. The molecule has 2 heterocycles. The maximum absolute atomic E-state index is 13.8. The third kappa shape index (κ3) is 3.95. The minimum atomic E-state index is -0.648. The van der Waals surface area contributed by atoms with Crippen molar-refractivity contribution >= 4 is 5.95 Å². The van der Waals surface area contributed by atoms with E-state index in [0.29, 0.717) is 5.69 Å². The summed E-state index contributed by atoms with van der Waals surface area (Å²) >= 11 is 0. The fourth-order valence-corrected chi connectivity index (χ4v) is 2.60. The predicted octanol–water partition coefficient (Wildman–Crippen LogP) is 1.21. The van der Waals surface area contributed by atoms with Crippen molar-refractivity contribution in [3.8, 4) is 0 Å². The van der Waals surface area contributed by atoms with Gasteiger partial charge < -0.3 is 4.90 Å². The molecule has 0 atom stereocenters. The van der Waals surface area contributed by atoms with Gasteiger partial charge in [0.05, 0.1) is 5.69 Å². The minimum Gasteiger partial charge on any atom is -0.304 e. The van der Waals surface area contributed by atoms with Crippen molar-refractivity contribution in [1.82, 2.24) is 19.9 Å². The van der Waals surface area contributed by atoms with E-state index in [2.05, 4.69) is 20.3 Å². The van der Waals surface area contributed by atoms with Crippen LogP contribution in [0.5, 0.6) is 0 Å². The molecule has 2 N–H and O–H groups in total. The van der Waals surface area contributed by atoms with Gasteiger partial charge in [0.2, 0.25) is 5.95 Å². The maximum atomic E-state index is 13.8. The molecule has 2 aromatic rings. The molecule has 8 heteroatoms. The molecule has 0 unspecified atom stereocenters. The van der Waals surface area contributed by atoms with Crippen LogP contribution < -0.4 is 11.0 Å². The Morgan fingerprint density at radius 1 is 1.21 bits per heavy atom. The van der Waals surface area contributed by atoms with Gasteiger partial charge in [-0.1, -0.05) is 6.07 Å². The highest BCUT2D eigenvalue weighted by Crippen LogP contribution is 2.16. The lowest BCUT2D eigenvalue weighted by molar-refractivity contribution is 0.178. The molecule has 0 spiro atoms. The Morgan fingerprint density at radius 2 is 1.88 bits per heavy atom. The molecule has 3 rings (SSSR count). The number of benzene rings is 1. The molecule has 24 heavy (non-hydrogen) atoms. The van der Waals surface area contributed by atoms with Crippen molar-refractivity contribution in [2.75, 3.05) is 38.7 Å². The van der Waals surface area contributed by atoms with E-state index in [1.165, 1.54) is 24.3 Å². The van der Waals surface area contributed by atoms with Gasteiger partial charge in [0.1, 0.15) is 11.6 Å². The summed E-state index contributed by atoms with van der Waals surface area (Å²) < 4.78 is 27.5. The van der Waals surface area contributed by atoms with Crippen molar-refractivity contribution < 1.29 is 8.78 Å². The van der Waals surface area contributed by atoms with E-state index in [0.717, 1.165) is 26.2 Å². The van der Waals surface area contributed by atoms with Crippen LogP contribution in [0.3, 0.4) is 0 Å². The topological polar surface area (TPSA) is 64.3 Å². The number of hydrogen-bond acceptors (Lipinski definition) is 5. The second kappa shape index (κ2) is 7.06. The first-order valence-corrected chi connectivity index (χ1v) is 7.74. The molecule has 1 fully saturated rings. The monoisotopic (exact) mass is 335 g/mol. The predicted molar refractivity (Wildman–Crippen MR) is 86.7 cm³/mol. The molecular formula is C16H19F2N5O. The molecule has 1 aliphatic heterocycles. The Kier molecular flexibility index (Phi) is 4.86.